The first-order valence-corrected chi connectivity index (χ1v) is 6.28. The molecule has 0 aromatic heterocycles. The normalized spacial score (nSPS) is 17.1. The number of benzene rings is 1. The molecule has 1 amide bonds. The molecule has 3 heteroatoms. The molecule has 1 aliphatic rings. The molecular weight excluding hydrogens is 214 g/mol. The van der Waals surface area contributed by atoms with Crippen molar-refractivity contribution in [1.29, 1.82) is 0 Å². The molecule has 1 atom stereocenters. The first kappa shape index (κ1) is 12.1. The fourth-order valence-corrected chi connectivity index (χ4v) is 2.23. The van der Waals surface area contributed by atoms with E-state index in [1.54, 1.807) is 0 Å². The van der Waals surface area contributed by atoms with E-state index in [4.69, 9.17) is 0 Å². The first-order valence-electron chi connectivity index (χ1n) is 6.28. The minimum absolute atomic E-state index is 0.178. The molecule has 0 radical (unpaired) electrons. The van der Waals surface area contributed by atoms with E-state index in [1.165, 1.54) is 0 Å². The Labute approximate surface area is 102 Å². The summed E-state index contributed by atoms with van der Waals surface area (Å²) in [5, 5.41) is 9.94. The van der Waals surface area contributed by atoms with Gasteiger partial charge in [0.2, 0.25) is 5.91 Å². The van der Waals surface area contributed by atoms with Crippen molar-refractivity contribution in [3.05, 3.63) is 35.9 Å². The van der Waals surface area contributed by atoms with E-state index in [2.05, 4.69) is 0 Å². The average molecular weight is 233 g/mol. The number of aliphatic hydroxyl groups excluding tert-OH is 1. The molecule has 3 nitrogen and oxygen atoms in total. The Morgan fingerprint density at radius 2 is 1.88 bits per heavy atom. The van der Waals surface area contributed by atoms with Gasteiger partial charge < -0.3 is 10.0 Å². The lowest BCUT2D eigenvalue weighted by Crippen LogP contribution is -2.27. The minimum atomic E-state index is -0.525. The van der Waals surface area contributed by atoms with Gasteiger partial charge in [-0.3, -0.25) is 4.79 Å². The number of hydrogen-bond acceptors (Lipinski definition) is 2. The Kier molecular flexibility index (Phi) is 4.15. The molecule has 17 heavy (non-hydrogen) atoms. The summed E-state index contributed by atoms with van der Waals surface area (Å²) in [5.41, 5.74) is 0.890. The number of carbonyl (C=O) groups excluding carboxylic acids is 1. The number of carbonyl (C=O) groups is 1. The molecule has 1 aromatic rings. The molecule has 1 fully saturated rings. The molecule has 0 bridgehead atoms. The van der Waals surface area contributed by atoms with E-state index >= 15 is 0 Å². The Morgan fingerprint density at radius 1 is 1.24 bits per heavy atom. The molecule has 92 valence electrons. The van der Waals surface area contributed by atoms with E-state index in [9.17, 15) is 9.90 Å². The third kappa shape index (κ3) is 3.30. The third-order valence-electron chi connectivity index (χ3n) is 3.27. The van der Waals surface area contributed by atoms with E-state index in [0.29, 0.717) is 12.8 Å². The molecule has 0 saturated carbocycles. The van der Waals surface area contributed by atoms with Crippen molar-refractivity contribution in [3.8, 4) is 0 Å². The molecule has 1 heterocycles. The Bertz CT molecular complexity index is 358. The molecular formula is C14H19NO2. The lowest BCUT2D eigenvalue weighted by atomic mass is 10.0. The summed E-state index contributed by atoms with van der Waals surface area (Å²) in [4.78, 5) is 13.7. The summed E-state index contributed by atoms with van der Waals surface area (Å²) in [7, 11) is 0. The molecule has 1 saturated heterocycles. The number of nitrogens with zero attached hydrogens (tertiary/aromatic N) is 1. The van der Waals surface area contributed by atoms with Crippen LogP contribution in [0.15, 0.2) is 30.3 Å². The predicted molar refractivity (Wildman–Crippen MR) is 66.4 cm³/mol. The average Bonchev–Trinajstić information content (AvgIpc) is 2.90. The second-order valence-corrected chi connectivity index (χ2v) is 4.55. The van der Waals surface area contributed by atoms with Gasteiger partial charge in [0.1, 0.15) is 0 Å². The maximum atomic E-state index is 11.8. The summed E-state index contributed by atoms with van der Waals surface area (Å²) in [6.07, 6.45) is 2.66. The fraction of sp³-hybridized carbons (Fsp3) is 0.500. The monoisotopic (exact) mass is 233 g/mol. The molecule has 0 aliphatic carbocycles. The Morgan fingerprint density at radius 3 is 2.53 bits per heavy atom. The summed E-state index contributed by atoms with van der Waals surface area (Å²) in [5.74, 6) is 0.178. The largest absolute Gasteiger partial charge is 0.388 e. The van der Waals surface area contributed by atoms with Gasteiger partial charge in [0.25, 0.3) is 0 Å². The van der Waals surface area contributed by atoms with Crippen molar-refractivity contribution in [2.45, 2.75) is 31.8 Å². The summed E-state index contributed by atoms with van der Waals surface area (Å²) < 4.78 is 0. The number of rotatable bonds is 4. The fourth-order valence-electron chi connectivity index (χ4n) is 2.23. The standard InChI is InChI=1S/C14H19NO2/c16-13(12-6-2-1-3-7-12)8-9-14(17)15-10-4-5-11-15/h1-3,6-7,13,16H,4-5,8-11H2. The van der Waals surface area contributed by atoms with Crippen molar-refractivity contribution < 1.29 is 9.90 Å². The Balaban J connectivity index is 1.80. The van der Waals surface area contributed by atoms with Crippen LogP contribution in [-0.2, 0) is 4.79 Å². The highest BCUT2D eigenvalue weighted by Gasteiger charge is 2.18. The second-order valence-electron chi connectivity index (χ2n) is 4.55. The van der Waals surface area contributed by atoms with Gasteiger partial charge in [-0.25, -0.2) is 0 Å². The van der Waals surface area contributed by atoms with Crippen LogP contribution in [0.2, 0.25) is 0 Å². The van der Waals surface area contributed by atoms with Gasteiger partial charge in [0, 0.05) is 19.5 Å². The third-order valence-corrected chi connectivity index (χ3v) is 3.27. The van der Waals surface area contributed by atoms with Crippen LogP contribution in [0.5, 0.6) is 0 Å². The van der Waals surface area contributed by atoms with Crippen molar-refractivity contribution in [2.75, 3.05) is 13.1 Å². The van der Waals surface area contributed by atoms with Crippen molar-refractivity contribution in [2.24, 2.45) is 0 Å². The summed E-state index contributed by atoms with van der Waals surface area (Å²) in [6.45, 7) is 1.78. The molecule has 1 N–H and O–H groups in total. The van der Waals surface area contributed by atoms with Gasteiger partial charge in [-0.1, -0.05) is 30.3 Å². The summed E-state index contributed by atoms with van der Waals surface area (Å²) in [6, 6.07) is 9.52. The number of likely N-dealkylation sites (tertiary alicyclic amines) is 1. The zero-order valence-corrected chi connectivity index (χ0v) is 10.0. The van der Waals surface area contributed by atoms with Crippen molar-refractivity contribution >= 4 is 5.91 Å². The molecule has 1 aromatic carbocycles. The zero-order chi connectivity index (χ0) is 12.1. The van der Waals surface area contributed by atoms with Crippen LogP contribution in [0.1, 0.15) is 37.4 Å². The topological polar surface area (TPSA) is 40.5 Å². The maximum absolute atomic E-state index is 11.8. The van der Waals surface area contributed by atoms with Crippen LogP contribution in [0.4, 0.5) is 0 Å². The van der Waals surface area contributed by atoms with Crippen molar-refractivity contribution in [3.63, 3.8) is 0 Å². The number of aliphatic hydroxyl groups is 1. The van der Waals surface area contributed by atoms with Crippen molar-refractivity contribution in [1.82, 2.24) is 4.90 Å². The molecule has 0 spiro atoms. The molecule has 1 unspecified atom stereocenters. The van der Waals surface area contributed by atoms with Crippen LogP contribution < -0.4 is 0 Å². The van der Waals surface area contributed by atoms with E-state index < -0.39 is 6.10 Å². The van der Waals surface area contributed by atoms with E-state index in [1.807, 2.05) is 35.2 Å². The van der Waals surface area contributed by atoms with Gasteiger partial charge in [0.05, 0.1) is 6.10 Å². The van der Waals surface area contributed by atoms with Crippen LogP contribution in [0, 0.1) is 0 Å². The van der Waals surface area contributed by atoms with Gasteiger partial charge in [-0.15, -0.1) is 0 Å². The number of hydrogen-bond donors (Lipinski definition) is 1. The summed E-state index contributed by atoms with van der Waals surface area (Å²) >= 11 is 0. The van der Waals surface area contributed by atoms with Crippen LogP contribution in [0.3, 0.4) is 0 Å². The lowest BCUT2D eigenvalue weighted by Gasteiger charge is -2.16. The SMILES string of the molecule is O=C(CCC(O)c1ccccc1)N1CCCC1. The van der Waals surface area contributed by atoms with Gasteiger partial charge in [-0.05, 0) is 24.8 Å². The molecule has 2 rings (SSSR count). The highest BCUT2D eigenvalue weighted by molar-refractivity contribution is 5.76. The van der Waals surface area contributed by atoms with E-state index in [-0.39, 0.29) is 5.91 Å². The second kappa shape index (κ2) is 5.82. The quantitative estimate of drug-likeness (QED) is 0.865. The van der Waals surface area contributed by atoms with Crippen LogP contribution >= 0.6 is 0 Å². The van der Waals surface area contributed by atoms with E-state index in [0.717, 1.165) is 31.5 Å². The predicted octanol–water partition coefficient (Wildman–Crippen LogP) is 2.12. The highest BCUT2D eigenvalue weighted by Crippen LogP contribution is 2.19. The highest BCUT2D eigenvalue weighted by atomic mass is 16.3. The van der Waals surface area contributed by atoms with Crippen LogP contribution in [-0.4, -0.2) is 29.0 Å². The lowest BCUT2D eigenvalue weighted by molar-refractivity contribution is -0.130. The zero-order valence-electron chi connectivity index (χ0n) is 10.0. The van der Waals surface area contributed by atoms with Gasteiger partial charge in [0.15, 0.2) is 0 Å². The van der Waals surface area contributed by atoms with Crippen LogP contribution in [0.25, 0.3) is 0 Å². The minimum Gasteiger partial charge on any atom is -0.388 e. The number of amides is 1. The Hall–Kier alpha value is -1.35. The molecule has 1 aliphatic heterocycles. The maximum Gasteiger partial charge on any atom is 0.222 e. The van der Waals surface area contributed by atoms with Gasteiger partial charge >= 0.3 is 0 Å². The van der Waals surface area contributed by atoms with Gasteiger partial charge in [-0.2, -0.15) is 0 Å². The first-order chi connectivity index (χ1) is 8.27. The smallest absolute Gasteiger partial charge is 0.222 e.